The van der Waals surface area contributed by atoms with E-state index in [2.05, 4.69) is 0 Å². The molecule has 2 heteroatoms. The molecule has 1 radical (unpaired) electrons. The summed E-state index contributed by atoms with van der Waals surface area (Å²) in [5.41, 5.74) is 2.13. The summed E-state index contributed by atoms with van der Waals surface area (Å²) >= 11 is 0. The molecule has 0 amide bonds. The van der Waals surface area contributed by atoms with E-state index in [1.807, 2.05) is 38.4 Å². The van der Waals surface area contributed by atoms with E-state index in [0.717, 1.165) is 11.0 Å². The van der Waals surface area contributed by atoms with E-state index < -0.39 is 0 Å². The van der Waals surface area contributed by atoms with Crippen molar-refractivity contribution in [1.29, 1.82) is 0 Å². The van der Waals surface area contributed by atoms with Crippen molar-refractivity contribution >= 4 is 12.7 Å². The van der Waals surface area contributed by atoms with Crippen LogP contribution in [0.2, 0.25) is 6.82 Å². The fourth-order valence-electron chi connectivity index (χ4n) is 0.871. The van der Waals surface area contributed by atoms with Gasteiger partial charge in [0.25, 0.3) is 0 Å². The first kappa shape index (κ1) is 7.35. The van der Waals surface area contributed by atoms with Crippen molar-refractivity contribution in [3.05, 3.63) is 29.8 Å². The number of hydrogen-bond donors (Lipinski definition) is 1. The van der Waals surface area contributed by atoms with Gasteiger partial charge in [0, 0.05) is 0 Å². The zero-order chi connectivity index (χ0) is 7.40. The predicted octanol–water partition coefficient (Wildman–Crippen LogP) is 0.556. The highest BCUT2D eigenvalue weighted by atomic mass is 16.3. The van der Waals surface area contributed by atoms with E-state index >= 15 is 0 Å². The first-order chi connectivity index (χ1) is 4.86. The molecule has 0 spiro atoms. The zero-order valence-corrected chi connectivity index (χ0v) is 6.04. The molecule has 0 aromatic heterocycles. The maximum Gasteiger partial charge on any atom is 0.148 e. The van der Waals surface area contributed by atoms with Crippen LogP contribution in [-0.4, -0.2) is 12.4 Å². The van der Waals surface area contributed by atoms with Gasteiger partial charge in [-0.3, -0.25) is 0 Å². The Labute approximate surface area is 61.9 Å². The molecule has 51 valence electrons. The van der Waals surface area contributed by atoms with Crippen LogP contribution in [0.3, 0.4) is 0 Å². The lowest BCUT2D eigenvalue weighted by molar-refractivity contribution is 0.282. The lowest BCUT2D eigenvalue weighted by atomic mass is 9.73. The summed E-state index contributed by atoms with van der Waals surface area (Å²) in [6, 6.07) is 7.84. The molecule has 0 aliphatic carbocycles. The second-order valence-electron chi connectivity index (χ2n) is 2.19. The maximum atomic E-state index is 8.74. The Kier molecular flexibility index (Phi) is 2.52. The van der Waals surface area contributed by atoms with Crippen molar-refractivity contribution in [2.75, 3.05) is 0 Å². The average Bonchev–Trinajstić information content (AvgIpc) is 2.05. The smallest absolute Gasteiger partial charge is 0.148 e. The molecular weight excluding hydrogens is 123 g/mol. The van der Waals surface area contributed by atoms with Gasteiger partial charge in [0.1, 0.15) is 7.28 Å². The van der Waals surface area contributed by atoms with Crippen LogP contribution >= 0.6 is 0 Å². The van der Waals surface area contributed by atoms with Crippen molar-refractivity contribution in [1.82, 2.24) is 0 Å². The molecule has 1 aromatic carbocycles. The zero-order valence-electron chi connectivity index (χ0n) is 6.04. The molecular formula is C8H10BO. The van der Waals surface area contributed by atoms with Crippen LogP contribution in [-0.2, 0) is 6.61 Å². The summed E-state index contributed by atoms with van der Waals surface area (Å²) in [4.78, 5) is 0. The SMILES string of the molecule is C[B]c1cccc(CO)c1. The van der Waals surface area contributed by atoms with Gasteiger partial charge < -0.3 is 5.11 Å². The quantitative estimate of drug-likeness (QED) is 0.584. The van der Waals surface area contributed by atoms with Gasteiger partial charge in [-0.2, -0.15) is 0 Å². The van der Waals surface area contributed by atoms with Gasteiger partial charge in [-0.05, 0) is 5.56 Å². The minimum absolute atomic E-state index is 0.127. The first-order valence-corrected chi connectivity index (χ1v) is 3.36. The average molecular weight is 133 g/mol. The Hall–Kier alpha value is -0.755. The Morgan fingerprint density at radius 1 is 1.50 bits per heavy atom. The van der Waals surface area contributed by atoms with Crippen LogP contribution in [0.15, 0.2) is 24.3 Å². The second-order valence-corrected chi connectivity index (χ2v) is 2.19. The summed E-state index contributed by atoms with van der Waals surface area (Å²) in [6.45, 7) is 2.11. The van der Waals surface area contributed by atoms with Crippen molar-refractivity contribution in [2.24, 2.45) is 0 Å². The molecule has 0 saturated heterocycles. The van der Waals surface area contributed by atoms with Crippen LogP contribution in [0.1, 0.15) is 5.56 Å². The third kappa shape index (κ3) is 1.61. The largest absolute Gasteiger partial charge is 0.392 e. The summed E-state index contributed by atoms with van der Waals surface area (Å²) in [7, 11) is 2.01. The van der Waals surface area contributed by atoms with Gasteiger partial charge in [0.2, 0.25) is 0 Å². The van der Waals surface area contributed by atoms with Gasteiger partial charge in [-0.1, -0.05) is 36.6 Å². The molecule has 0 unspecified atom stereocenters. The molecule has 10 heavy (non-hydrogen) atoms. The first-order valence-electron chi connectivity index (χ1n) is 3.36. The van der Waals surface area contributed by atoms with E-state index in [1.54, 1.807) is 0 Å². The maximum absolute atomic E-state index is 8.74. The number of benzene rings is 1. The Bertz CT molecular complexity index is 191. The van der Waals surface area contributed by atoms with E-state index in [-0.39, 0.29) is 6.61 Å². The number of hydrogen-bond acceptors (Lipinski definition) is 1. The van der Waals surface area contributed by atoms with Crippen LogP contribution < -0.4 is 5.46 Å². The summed E-state index contributed by atoms with van der Waals surface area (Å²) in [6.07, 6.45) is 0. The normalized spacial score (nSPS) is 9.40. The lowest BCUT2D eigenvalue weighted by Gasteiger charge is -1.97. The van der Waals surface area contributed by atoms with E-state index in [1.165, 1.54) is 0 Å². The molecule has 1 N–H and O–H groups in total. The van der Waals surface area contributed by atoms with Crippen molar-refractivity contribution in [2.45, 2.75) is 13.4 Å². The third-order valence-electron chi connectivity index (χ3n) is 1.47. The summed E-state index contributed by atoms with van der Waals surface area (Å²) in [5.74, 6) is 0. The molecule has 0 aliphatic heterocycles. The fourth-order valence-corrected chi connectivity index (χ4v) is 0.871. The molecule has 1 nitrogen and oxygen atoms in total. The molecule has 0 fully saturated rings. The number of aliphatic hydroxyl groups excluding tert-OH is 1. The van der Waals surface area contributed by atoms with Gasteiger partial charge in [0.15, 0.2) is 0 Å². The van der Waals surface area contributed by atoms with E-state index in [9.17, 15) is 0 Å². The molecule has 1 rings (SSSR count). The standard InChI is InChI=1S/C8H10BO/c1-9-8-4-2-3-7(5-8)6-10/h2-5,10H,6H2,1H3. The monoisotopic (exact) mass is 133 g/mol. The second kappa shape index (κ2) is 3.42. The van der Waals surface area contributed by atoms with Gasteiger partial charge >= 0.3 is 0 Å². The minimum Gasteiger partial charge on any atom is -0.392 e. The lowest BCUT2D eigenvalue weighted by Crippen LogP contribution is -2.10. The third-order valence-corrected chi connectivity index (χ3v) is 1.47. The predicted molar refractivity (Wildman–Crippen MR) is 43.6 cm³/mol. The molecule has 0 atom stereocenters. The van der Waals surface area contributed by atoms with Gasteiger partial charge in [0.05, 0.1) is 6.61 Å². The van der Waals surface area contributed by atoms with Crippen LogP contribution in [0.25, 0.3) is 0 Å². The van der Waals surface area contributed by atoms with Crippen LogP contribution in [0.4, 0.5) is 0 Å². The molecule has 0 heterocycles. The van der Waals surface area contributed by atoms with Crippen molar-refractivity contribution in [3.8, 4) is 0 Å². The van der Waals surface area contributed by atoms with Crippen LogP contribution in [0, 0.1) is 0 Å². The molecule has 1 aromatic rings. The Morgan fingerprint density at radius 2 is 2.30 bits per heavy atom. The summed E-state index contributed by atoms with van der Waals surface area (Å²) < 4.78 is 0. The highest BCUT2D eigenvalue weighted by Gasteiger charge is 1.91. The number of aliphatic hydroxyl groups is 1. The van der Waals surface area contributed by atoms with Crippen LogP contribution in [0.5, 0.6) is 0 Å². The summed E-state index contributed by atoms with van der Waals surface area (Å²) in [5, 5.41) is 8.74. The van der Waals surface area contributed by atoms with Gasteiger partial charge in [-0.25, -0.2) is 0 Å². The number of rotatable bonds is 2. The van der Waals surface area contributed by atoms with Crippen molar-refractivity contribution < 1.29 is 5.11 Å². The van der Waals surface area contributed by atoms with E-state index in [0.29, 0.717) is 0 Å². The minimum atomic E-state index is 0.127. The topological polar surface area (TPSA) is 20.2 Å². The molecule has 0 saturated carbocycles. The highest BCUT2D eigenvalue weighted by Crippen LogP contribution is 1.94. The van der Waals surface area contributed by atoms with E-state index in [4.69, 9.17) is 5.11 Å². The van der Waals surface area contributed by atoms with Gasteiger partial charge in [-0.15, -0.1) is 0 Å². The Balaban J connectivity index is 2.87. The van der Waals surface area contributed by atoms with Crippen molar-refractivity contribution in [3.63, 3.8) is 0 Å². The Morgan fingerprint density at radius 3 is 2.90 bits per heavy atom. The highest BCUT2D eigenvalue weighted by molar-refractivity contribution is 6.51. The molecule has 0 aliphatic rings. The fraction of sp³-hybridized carbons (Fsp3) is 0.250. The molecule has 0 bridgehead atoms.